The van der Waals surface area contributed by atoms with Gasteiger partial charge in [0.1, 0.15) is 11.9 Å². The van der Waals surface area contributed by atoms with Crippen LogP contribution in [0.25, 0.3) is 11.1 Å². The van der Waals surface area contributed by atoms with E-state index in [0.29, 0.717) is 24.5 Å². The van der Waals surface area contributed by atoms with Crippen molar-refractivity contribution in [3.05, 3.63) is 47.7 Å². The third kappa shape index (κ3) is 3.95. The summed E-state index contributed by atoms with van der Waals surface area (Å²) in [6.45, 7) is 2.58. The van der Waals surface area contributed by atoms with Crippen molar-refractivity contribution in [1.82, 2.24) is 20.5 Å². The van der Waals surface area contributed by atoms with Crippen LogP contribution in [0.3, 0.4) is 0 Å². The average Bonchev–Trinajstić information content (AvgIpc) is 2.69. The number of hydrogen-bond donors (Lipinski definition) is 3. The van der Waals surface area contributed by atoms with E-state index in [9.17, 15) is 14.4 Å². The van der Waals surface area contributed by atoms with Gasteiger partial charge in [-0.15, -0.1) is 0 Å². The molecule has 0 radical (unpaired) electrons. The lowest BCUT2D eigenvalue weighted by molar-refractivity contribution is -0.132. The van der Waals surface area contributed by atoms with Crippen LogP contribution in [0.1, 0.15) is 22.5 Å². The van der Waals surface area contributed by atoms with Gasteiger partial charge in [0.2, 0.25) is 11.8 Å². The van der Waals surface area contributed by atoms with Crippen LogP contribution in [0.4, 0.5) is 5.82 Å². The number of amides is 3. The lowest BCUT2D eigenvalue weighted by Crippen LogP contribution is -2.58. The van der Waals surface area contributed by atoms with E-state index in [2.05, 4.69) is 15.6 Å². The first-order valence-electron chi connectivity index (χ1n) is 9.03. The molecule has 4 N–H and O–H groups in total. The standard InChI is InChI=1S/C20H23N5O3/c1-12-3-8-15(18(21)24-12)13-4-6-14(7-5-13)20(28)25-10-9-23-19(27)16(25)11-17(26)22-2/h3-8,16H,9-11H2,1-2H3,(H2,21,24)(H,22,26)(H,23,27)/t16-/m0/s1. The van der Waals surface area contributed by atoms with Gasteiger partial charge in [0, 0.05) is 37.0 Å². The van der Waals surface area contributed by atoms with Crippen LogP contribution in [0.5, 0.6) is 0 Å². The Morgan fingerprint density at radius 1 is 1.25 bits per heavy atom. The summed E-state index contributed by atoms with van der Waals surface area (Å²) in [4.78, 5) is 42.6. The number of carbonyl (C=O) groups excluding carboxylic acids is 3. The largest absolute Gasteiger partial charge is 0.383 e. The minimum absolute atomic E-state index is 0.0717. The van der Waals surface area contributed by atoms with Gasteiger partial charge in [-0.2, -0.15) is 0 Å². The number of benzene rings is 1. The summed E-state index contributed by atoms with van der Waals surface area (Å²) in [5, 5.41) is 5.20. The Labute approximate surface area is 163 Å². The molecule has 0 unspecified atom stereocenters. The first-order chi connectivity index (χ1) is 13.4. The quantitative estimate of drug-likeness (QED) is 0.721. The molecule has 1 aliphatic rings. The molecule has 28 heavy (non-hydrogen) atoms. The van der Waals surface area contributed by atoms with E-state index < -0.39 is 6.04 Å². The maximum absolute atomic E-state index is 13.0. The van der Waals surface area contributed by atoms with Gasteiger partial charge in [-0.05, 0) is 36.8 Å². The molecular formula is C20H23N5O3. The number of nitrogen functional groups attached to an aromatic ring is 1. The van der Waals surface area contributed by atoms with E-state index in [1.807, 2.05) is 19.1 Å². The average molecular weight is 381 g/mol. The Hall–Kier alpha value is -3.42. The van der Waals surface area contributed by atoms with Crippen LogP contribution < -0.4 is 16.4 Å². The first kappa shape index (κ1) is 19.3. The third-order valence-electron chi connectivity index (χ3n) is 4.76. The predicted molar refractivity (Wildman–Crippen MR) is 105 cm³/mol. The molecule has 0 spiro atoms. The highest BCUT2D eigenvalue weighted by molar-refractivity contribution is 6.00. The number of rotatable bonds is 4. The fourth-order valence-corrected chi connectivity index (χ4v) is 3.22. The summed E-state index contributed by atoms with van der Waals surface area (Å²) < 4.78 is 0. The molecule has 2 aromatic rings. The summed E-state index contributed by atoms with van der Waals surface area (Å²) in [7, 11) is 1.50. The van der Waals surface area contributed by atoms with Crippen molar-refractivity contribution in [3.8, 4) is 11.1 Å². The number of aryl methyl sites for hydroxylation is 1. The summed E-state index contributed by atoms with van der Waals surface area (Å²) >= 11 is 0. The molecule has 0 bridgehead atoms. The molecule has 146 valence electrons. The summed E-state index contributed by atoms with van der Waals surface area (Å²) in [6.07, 6.45) is -0.0717. The zero-order valence-electron chi connectivity index (χ0n) is 15.9. The Balaban J connectivity index is 1.83. The molecule has 1 aliphatic heterocycles. The molecule has 0 aliphatic carbocycles. The molecule has 0 saturated carbocycles. The number of aromatic nitrogens is 1. The maximum Gasteiger partial charge on any atom is 0.254 e. The van der Waals surface area contributed by atoms with Crippen LogP contribution in [-0.2, 0) is 9.59 Å². The second kappa shape index (κ2) is 8.08. The van der Waals surface area contributed by atoms with Crippen molar-refractivity contribution in [3.63, 3.8) is 0 Å². The van der Waals surface area contributed by atoms with Gasteiger partial charge < -0.3 is 21.3 Å². The lowest BCUT2D eigenvalue weighted by Gasteiger charge is -2.34. The molecule has 3 rings (SSSR count). The van der Waals surface area contributed by atoms with E-state index in [1.165, 1.54) is 11.9 Å². The fraction of sp³-hybridized carbons (Fsp3) is 0.300. The van der Waals surface area contributed by atoms with Crippen molar-refractivity contribution in [2.24, 2.45) is 0 Å². The molecule has 1 aromatic carbocycles. The van der Waals surface area contributed by atoms with E-state index in [1.54, 1.807) is 24.3 Å². The first-order valence-corrected chi connectivity index (χ1v) is 9.03. The SMILES string of the molecule is CNC(=O)C[C@H]1C(=O)NCCN1C(=O)c1ccc(-c2ccc(C)nc2N)cc1. The number of pyridine rings is 1. The normalized spacial score (nSPS) is 16.4. The molecule has 1 fully saturated rings. The smallest absolute Gasteiger partial charge is 0.254 e. The Morgan fingerprint density at radius 3 is 2.61 bits per heavy atom. The van der Waals surface area contributed by atoms with Crippen LogP contribution in [0.2, 0.25) is 0 Å². The fourth-order valence-electron chi connectivity index (χ4n) is 3.22. The Kier molecular flexibility index (Phi) is 5.58. The highest BCUT2D eigenvalue weighted by atomic mass is 16.2. The highest BCUT2D eigenvalue weighted by Gasteiger charge is 2.34. The van der Waals surface area contributed by atoms with Gasteiger partial charge in [0.05, 0.1) is 6.42 Å². The van der Waals surface area contributed by atoms with E-state index >= 15 is 0 Å². The zero-order chi connectivity index (χ0) is 20.3. The summed E-state index contributed by atoms with van der Waals surface area (Å²) in [5.41, 5.74) is 8.91. The molecular weight excluding hydrogens is 358 g/mol. The van der Waals surface area contributed by atoms with Gasteiger partial charge in [-0.1, -0.05) is 12.1 Å². The summed E-state index contributed by atoms with van der Waals surface area (Å²) in [5.74, 6) is -0.474. The number of carbonyl (C=O) groups is 3. The number of hydrogen-bond acceptors (Lipinski definition) is 5. The highest BCUT2D eigenvalue weighted by Crippen LogP contribution is 2.25. The van der Waals surface area contributed by atoms with Crippen molar-refractivity contribution < 1.29 is 14.4 Å². The van der Waals surface area contributed by atoms with Crippen molar-refractivity contribution in [2.45, 2.75) is 19.4 Å². The molecule has 3 amide bonds. The van der Waals surface area contributed by atoms with Crippen LogP contribution in [-0.4, -0.2) is 53.8 Å². The third-order valence-corrected chi connectivity index (χ3v) is 4.76. The van der Waals surface area contributed by atoms with Crippen LogP contribution >= 0.6 is 0 Å². The molecule has 1 saturated heterocycles. The Morgan fingerprint density at radius 2 is 1.96 bits per heavy atom. The van der Waals surface area contributed by atoms with E-state index in [0.717, 1.165) is 16.8 Å². The maximum atomic E-state index is 13.0. The van der Waals surface area contributed by atoms with Crippen LogP contribution in [0.15, 0.2) is 36.4 Å². The monoisotopic (exact) mass is 381 g/mol. The minimum Gasteiger partial charge on any atom is -0.383 e. The van der Waals surface area contributed by atoms with Crippen molar-refractivity contribution >= 4 is 23.5 Å². The van der Waals surface area contributed by atoms with Gasteiger partial charge >= 0.3 is 0 Å². The van der Waals surface area contributed by atoms with Gasteiger partial charge in [0.25, 0.3) is 5.91 Å². The van der Waals surface area contributed by atoms with Gasteiger partial charge in [-0.3, -0.25) is 14.4 Å². The molecule has 2 heterocycles. The Bertz CT molecular complexity index is 911. The lowest BCUT2D eigenvalue weighted by atomic mass is 10.0. The zero-order valence-corrected chi connectivity index (χ0v) is 15.9. The van der Waals surface area contributed by atoms with E-state index in [-0.39, 0.29) is 24.1 Å². The number of anilines is 1. The summed E-state index contributed by atoms with van der Waals surface area (Å²) in [6, 6.07) is 9.93. The topological polar surface area (TPSA) is 117 Å². The number of piperazine rings is 1. The molecule has 8 heteroatoms. The number of nitrogens with one attached hydrogen (secondary N) is 2. The molecule has 8 nitrogen and oxygen atoms in total. The second-order valence-corrected chi connectivity index (χ2v) is 6.65. The number of nitrogens with zero attached hydrogens (tertiary/aromatic N) is 2. The van der Waals surface area contributed by atoms with E-state index in [4.69, 9.17) is 5.73 Å². The van der Waals surface area contributed by atoms with Crippen molar-refractivity contribution in [2.75, 3.05) is 25.9 Å². The molecule has 1 aromatic heterocycles. The van der Waals surface area contributed by atoms with Crippen LogP contribution in [0, 0.1) is 6.92 Å². The number of nitrogens with two attached hydrogens (primary N) is 1. The molecule has 1 atom stereocenters. The van der Waals surface area contributed by atoms with Gasteiger partial charge in [-0.25, -0.2) is 4.98 Å². The predicted octanol–water partition coefficient (Wildman–Crippen LogP) is 0.716. The minimum atomic E-state index is -0.821. The van der Waals surface area contributed by atoms with Gasteiger partial charge in [0.15, 0.2) is 0 Å². The van der Waals surface area contributed by atoms with Crippen molar-refractivity contribution in [1.29, 1.82) is 0 Å². The second-order valence-electron chi connectivity index (χ2n) is 6.65.